The summed E-state index contributed by atoms with van der Waals surface area (Å²) >= 11 is 0. The normalized spacial score (nSPS) is 11.9. The number of anilines is 1. The van der Waals surface area contributed by atoms with Gasteiger partial charge in [-0.15, -0.1) is 0 Å². The van der Waals surface area contributed by atoms with Gasteiger partial charge >= 0.3 is 0 Å². The molecule has 1 aromatic carbocycles. The van der Waals surface area contributed by atoms with Gasteiger partial charge < -0.3 is 4.90 Å². The van der Waals surface area contributed by atoms with Crippen molar-refractivity contribution in [3.05, 3.63) is 46.8 Å². The predicted molar refractivity (Wildman–Crippen MR) is 105 cm³/mol. The highest BCUT2D eigenvalue weighted by Gasteiger charge is 2.26. The first kappa shape index (κ1) is 19.2. The fourth-order valence-electron chi connectivity index (χ4n) is 3.14. The molecule has 1 aromatic heterocycles. The zero-order valence-corrected chi connectivity index (χ0v) is 16.8. The van der Waals surface area contributed by atoms with E-state index in [1.54, 1.807) is 4.90 Å². The highest BCUT2D eigenvalue weighted by atomic mass is 16.2. The first-order chi connectivity index (χ1) is 11.5. The lowest BCUT2D eigenvalue weighted by Crippen LogP contribution is -2.32. The van der Waals surface area contributed by atoms with Crippen molar-refractivity contribution in [3.63, 3.8) is 0 Å². The van der Waals surface area contributed by atoms with E-state index in [2.05, 4.69) is 71.8 Å². The summed E-state index contributed by atoms with van der Waals surface area (Å²) in [7, 11) is 0. The van der Waals surface area contributed by atoms with Crippen LogP contribution in [0.25, 0.3) is 0 Å². The molecule has 25 heavy (non-hydrogen) atoms. The second kappa shape index (κ2) is 7.03. The molecule has 0 radical (unpaired) electrons. The smallest absolute Gasteiger partial charge is 0.278 e. The molecule has 0 aliphatic rings. The summed E-state index contributed by atoms with van der Waals surface area (Å²) in [6, 6.07) is 8.17. The van der Waals surface area contributed by atoms with E-state index >= 15 is 0 Å². The first-order valence-electron chi connectivity index (χ1n) is 9.05. The van der Waals surface area contributed by atoms with Crippen molar-refractivity contribution in [2.24, 2.45) is 0 Å². The molecule has 0 aliphatic heterocycles. The third kappa shape index (κ3) is 4.12. The minimum Gasteiger partial charge on any atom is -0.307 e. The molecule has 4 nitrogen and oxygen atoms in total. The van der Waals surface area contributed by atoms with Crippen LogP contribution in [0.1, 0.15) is 74.8 Å². The molecule has 0 unspecified atom stereocenters. The van der Waals surface area contributed by atoms with Gasteiger partial charge in [0.1, 0.15) is 0 Å². The van der Waals surface area contributed by atoms with E-state index in [9.17, 15) is 4.79 Å². The van der Waals surface area contributed by atoms with Crippen molar-refractivity contribution in [2.75, 3.05) is 11.4 Å². The van der Waals surface area contributed by atoms with E-state index in [4.69, 9.17) is 0 Å². The average molecular weight is 341 g/mol. The van der Waals surface area contributed by atoms with E-state index in [1.165, 1.54) is 0 Å². The van der Waals surface area contributed by atoms with Crippen LogP contribution in [0, 0.1) is 13.8 Å². The van der Waals surface area contributed by atoms with Gasteiger partial charge in [0.05, 0.1) is 5.54 Å². The Morgan fingerprint density at radius 1 is 1.12 bits per heavy atom. The number of aryl methyl sites for hydroxylation is 2. The highest BCUT2D eigenvalue weighted by molar-refractivity contribution is 6.04. The van der Waals surface area contributed by atoms with Crippen molar-refractivity contribution < 1.29 is 4.79 Å². The Bertz CT molecular complexity index is 746. The van der Waals surface area contributed by atoms with E-state index in [1.807, 2.05) is 17.7 Å². The number of benzene rings is 1. The van der Waals surface area contributed by atoms with Gasteiger partial charge in [0, 0.05) is 17.9 Å². The van der Waals surface area contributed by atoms with Crippen molar-refractivity contribution in [3.8, 4) is 0 Å². The molecule has 0 aliphatic carbocycles. The van der Waals surface area contributed by atoms with Gasteiger partial charge in [0.15, 0.2) is 5.69 Å². The molecule has 1 amide bonds. The maximum absolute atomic E-state index is 13.2. The molecule has 0 spiro atoms. The highest BCUT2D eigenvalue weighted by Crippen LogP contribution is 2.26. The van der Waals surface area contributed by atoms with E-state index in [-0.39, 0.29) is 11.4 Å². The third-order valence-corrected chi connectivity index (χ3v) is 4.26. The van der Waals surface area contributed by atoms with E-state index in [0.29, 0.717) is 18.2 Å². The fraction of sp³-hybridized carbons (Fsp3) is 0.524. The maximum atomic E-state index is 13.2. The van der Waals surface area contributed by atoms with Gasteiger partial charge in [-0.25, -0.2) is 0 Å². The molecular formula is C21H31N3O. The molecule has 136 valence electrons. The quantitative estimate of drug-likeness (QED) is 0.781. The maximum Gasteiger partial charge on any atom is 0.278 e. The van der Waals surface area contributed by atoms with Crippen LogP contribution < -0.4 is 4.90 Å². The van der Waals surface area contributed by atoms with Crippen LogP contribution in [0.2, 0.25) is 0 Å². The number of aromatic nitrogens is 2. The van der Waals surface area contributed by atoms with Gasteiger partial charge in [-0.2, -0.15) is 5.10 Å². The summed E-state index contributed by atoms with van der Waals surface area (Å²) in [6.45, 7) is 17.3. The lowest BCUT2D eigenvalue weighted by atomic mass is 10.1. The predicted octanol–water partition coefficient (Wildman–Crippen LogP) is 5.05. The summed E-state index contributed by atoms with van der Waals surface area (Å²) in [5.41, 5.74) is 4.69. The number of carbonyl (C=O) groups excluding carboxylic acids is 1. The van der Waals surface area contributed by atoms with Gasteiger partial charge in [0.25, 0.3) is 5.91 Å². The lowest BCUT2D eigenvalue weighted by molar-refractivity contribution is 0.0982. The van der Waals surface area contributed by atoms with Crippen LogP contribution in [0.4, 0.5) is 5.69 Å². The molecule has 0 saturated heterocycles. The second-order valence-corrected chi connectivity index (χ2v) is 8.09. The summed E-state index contributed by atoms with van der Waals surface area (Å²) < 4.78 is 1.99. The van der Waals surface area contributed by atoms with Crippen molar-refractivity contribution in [1.29, 1.82) is 0 Å². The molecule has 0 fully saturated rings. The van der Waals surface area contributed by atoms with Gasteiger partial charge in [-0.1, -0.05) is 19.9 Å². The van der Waals surface area contributed by atoms with Crippen molar-refractivity contribution in [1.82, 2.24) is 9.78 Å². The van der Waals surface area contributed by atoms with Crippen molar-refractivity contribution >= 4 is 11.6 Å². The second-order valence-electron chi connectivity index (χ2n) is 8.09. The summed E-state index contributed by atoms with van der Waals surface area (Å²) in [5, 5.41) is 4.67. The molecule has 1 heterocycles. The molecule has 0 atom stereocenters. The minimum absolute atomic E-state index is 0.0441. The first-order valence-corrected chi connectivity index (χ1v) is 9.05. The number of hydrogen-bond acceptors (Lipinski definition) is 2. The fourth-order valence-corrected chi connectivity index (χ4v) is 3.14. The molecule has 2 rings (SSSR count). The topological polar surface area (TPSA) is 38.1 Å². The Morgan fingerprint density at radius 2 is 1.68 bits per heavy atom. The van der Waals surface area contributed by atoms with Crippen LogP contribution in [0.3, 0.4) is 0 Å². The van der Waals surface area contributed by atoms with E-state index < -0.39 is 0 Å². The Morgan fingerprint density at radius 3 is 2.08 bits per heavy atom. The van der Waals surface area contributed by atoms with Gasteiger partial charge in [-0.3, -0.25) is 9.48 Å². The molecule has 0 bridgehead atoms. The summed E-state index contributed by atoms with van der Waals surface area (Å²) in [4.78, 5) is 15.0. The Kier molecular flexibility index (Phi) is 5.40. The zero-order valence-electron chi connectivity index (χ0n) is 16.8. The van der Waals surface area contributed by atoms with Gasteiger partial charge in [-0.05, 0) is 76.8 Å². The molecule has 0 N–H and O–H groups in total. The number of carbonyl (C=O) groups is 1. The molecule has 0 saturated carbocycles. The monoisotopic (exact) mass is 341 g/mol. The van der Waals surface area contributed by atoms with Gasteiger partial charge in [0.2, 0.25) is 0 Å². The summed E-state index contributed by atoms with van der Waals surface area (Å²) in [5.74, 6) is 0.266. The minimum atomic E-state index is -0.158. The van der Waals surface area contributed by atoms with Crippen LogP contribution in [0.5, 0.6) is 0 Å². The zero-order chi connectivity index (χ0) is 18.9. The lowest BCUT2D eigenvalue weighted by Gasteiger charge is -2.24. The van der Waals surface area contributed by atoms with Crippen molar-refractivity contribution in [2.45, 2.75) is 66.8 Å². The number of nitrogens with zero attached hydrogens (tertiary/aromatic N) is 3. The van der Waals surface area contributed by atoms with Crippen LogP contribution >= 0.6 is 0 Å². The average Bonchev–Trinajstić information content (AvgIpc) is 2.92. The Labute approximate surface area is 151 Å². The number of amides is 1. The van der Waals surface area contributed by atoms with Crippen LogP contribution in [0.15, 0.2) is 24.3 Å². The molecule has 2 aromatic rings. The van der Waals surface area contributed by atoms with Crippen LogP contribution in [-0.4, -0.2) is 22.2 Å². The molecule has 4 heteroatoms. The Balaban J connectivity index is 2.48. The standard InChI is InChI=1S/C21H31N3O/c1-9-23(17-11-15(4)10-16(5)12-17)20(25)18-13-19(14(2)3)24(22-18)21(6,7)8/h10-14H,9H2,1-8H3. The molecular weight excluding hydrogens is 310 g/mol. The SMILES string of the molecule is CCN(C(=O)c1cc(C(C)C)n(C(C)(C)C)n1)c1cc(C)cc(C)c1. The van der Waals surface area contributed by atoms with E-state index in [0.717, 1.165) is 22.5 Å². The largest absolute Gasteiger partial charge is 0.307 e. The Hall–Kier alpha value is -2.10. The summed E-state index contributed by atoms with van der Waals surface area (Å²) in [6.07, 6.45) is 0. The third-order valence-electron chi connectivity index (χ3n) is 4.26. The van der Waals surface area contributed by atoms with Crippen LogP contribution in [-0.2, 0) is 5.54 Å². The number of hydrogen-bond donors (Lipinski definition) is 0. The number of rotatable bonds is 4.